The molecule has 1 heterocycles. The van der Waals surface area contributed by atoms with Gasteiger partial charge in [0.05, 0.1) is 6.61 Å². The molecular weight excluding hydrogens is 190 g/mol. The second-order valence-corrected chi connectivity index (χ2v) is 4.64. The van der Waals surface area contributed by atoms with Crippen LogP contribution in [-0.2, 0) is 4.74 Å². The van der Waals surface area contributed by atoms with E-state index in [1.807, 2.05) is 0 Å². The van der Waals surface area contributed by atoms with E-state index in [-0.39, 0.29) is 5.41 Å². The van der Waals surface area contributed by atoms with E-state index in [0.717, 1.165) is 45.7 Å². The van der Waals surface area contributed by atoms with Gasteiger partial charge in [0, 0.05) is 25.2 Å². The smallest absolute Gasteiger partial charge is 0.0501 e. The van der Waals surface area contributed by atoms with Crippen LogP contribution in [-0.4, -0.2) is 49.5 Å². The van der Waals surface area contributed by atoms with Gasteiger partial charge in [0.25, 0.3) is 0 Å². The summed E-state index contributed by atoms with van der Waals surface area (Å²) in [6.07, 6.45) is 3.19. The number of nitrogens with zero attached hydrogens (tertiary/aromatic N) is 1. The van der Waals surface area contributed by atoms with E-state index in [0.29, 0.717) is 6.61 Å². The summed E-state index contributed by atoms with van der Waals surface area (Å²) in [4.78, 5) is 2.45. The van der Waals surface area contributed by atoms with Crippen LogP contribution in [0.25, 0.3) is 0 Å². The zero-order valence-electron chi connectivity index (χ0n) is 10.2. The SMILES string of the molecule is CCCN(CC)CC1(CO)CCOCC1. The highest BCUT2D eigenvalue weighted by atomic mass is 16.5. The van der Waals surface area contributed by atoms with E-state index in [1.54, 1.807) is 0 Å². The van der Waals surface area contributed by atoms with Crippen molar-refractivity contribution in [2.45, 2.75) is 33.1 Å². The van der Waals surface area contributed by atoms with Crippen molar-refractivity contribution in [3.8, 4) is 0 Å². The molecule has 0 spiro atoms. The maximum absolute atomic E-state index is 9.57. The standard InChI is InChI=1S/C12H25NO2/c1-3-7-13(4-2)10-12(11-14)5-8-15-9-6-12/h14H,3-11H2,1-2H3. The molecule has 0 aromatic heterocycles. The molecule has 3 nitrogen and oxygen atoms in total. The molecule has 0 aromatic rings. The summed E-state index contributed by atoms with van der Waals surface area (Å²) in [6, 6.07) is 0. The summed E-state index contributed by atoms with van der Waals surface area (Å²) in [6.45, 7) is 9.57. The van der Waals surface area contributed by atoms with Crippen LogP contribution in [0.2, 0.25) is 0 Å². The highest BCUT2D eigenvalue weighted by molar-refractivity contribution is 4.84. The second-order valence-electron chi connectivity index (χ2n) is 4.64. The maximum atomic E-state index is 9.57. The van der Waals surface area contributed by atoms with Crippen molar-refractivity contribution in [3.63, 3.8) is 0 Å². The lowest BCUT2D eigenvalue weighted by Crippen LogP contribution is -2.44. The Morgan fingerprint density at radius 3 is 2.40 bits per heavy atom. The van der Waals surface area contributed by atoms with E-state index < -0.39 is 0 Å². The summed E-state index contributed by atoms with van der Waals surface area (Å²) >= 11 is 0. The molecule has 1 N–H and O–H groups in total. The molecule has 1 fully saturated rings. The normalized spacial score (nSPS) is 20.8. The number of rotatable bonds is 6. The molecule has 0 saturated carbocycles. The average molecular weight is 215 g/mol. The van der Waals surface area contributed by atoms with Gasteiger partial charge >= 0.3 is 0 Å². The van der Waals surface area contributed by atoms with Gasteiger partial charge in [-0.25, -0.2) is 0 Å². The molecule has 1 rings (SSSR count). The number of aliphatic hydroxyl groups excluding tert-OH is 1. The molecule has 0 aromatic carbocycles. The topological polar surface area (TPSA) is 32.7 Å². The van der Waals surface area contributed by atoms with Gasteiger partial charge in [-0.2, -0.15) is 0 Å². The average Bonchev–Trinajstić information content (AvgIpc) is 2.30. The lowest BCUT2D eigenvalue weighted by Gasteiger charge is -2.39. The number of hydrogen-bond acceptors (Lipinski definition) is 3. The fraction of sp³-hybridized carbons (Fsp3) is 1.00. The Kier molecular flexibility index (Phi) is 5.58. The van der Waals surface area contributed by atoms with Crippen LogP contribution >= 0.6 is 0 Å². The van der Waals surface area contributed by atoms with E-state index in [2.05, 4.69) is 18.7 Å². The lowest BCUT2D eigenvalue weighted by molar-refractivity contribution is -0.0335. The first-order chi connectivity index (χ1) is 7.26. The van der Waals surface area contributed by atoms with Crippen molar-refractivity contribution in [1.82, 2.24) is 4.90 Å². The van der Waals surface area contributed by atoms with Crippen LogP contribution in [0.1, 0.15) is 33.1 Å². The molecule has 1 aliphatic rings. The van der Waals surface area contributed by atoms with Gasteiger partial charge in [0.2, 0.25) is 0 Å². The van der Waals surface area contributed by atoms with Gasteiger partial charge in [0.15, 0.2) is 0 Å². The molecule has 1 saturated heterocycles. The minimum absolute atomic E-state index is 0.101. The van der Waals surface area contributed by atoms with Crippen molar-refractivity contribution in [3.05, 3.63) is 0 Å². The van der Waals surface area contributed by atoms with Crippen LogP contribution in [0.4, 0.5) is 0 Å². The van der Waals surface area contributed by atoms with Crippen LogP contribution in [0.15, 0.2) is 0 Å². The zero-order chi connectivity index (χ0) is 11.1. The van der Waals surface area contributed by atoms with Gasteiger partial charge in [-0.15, -0.1) is 0 Å². The zero-order valence-corrected chi connectivity index (χ0v) is 10.2. The minimum Gasteiger partial charge on any atom is -0.396 e. The van der Waals surface area contributed by atoms with Crippen molar-refractivity contribution in [1.29, 1.82) is 0 Å². The van der Waals surface area contributed by atoms with Crippen molar-refractivity contribution < 1.29 is 9.84 Å². The third-order valence-corrected chi connectivity index (χ3v) is 3.43. The summed E-state index contributed by atoms with van der Waals surface area (Å²) in [5, 5.41) is 9.57. The molecule has 1 aliphatic heterocycles. The first-order valence-electron chi connectivity index (χ1n) is 6.17. The molecule has 0 bridgehead atoms. The number of hydrogen-bond donors (Lipinski definition) is 1. The molecular formula is C12H25NO2. The Morgan fingerprint density at radius 1 is 1.27 bits per heavy atom. The summed E-state index contributed by atoms with van der Waals surface area (Å²) in [5.74, 6) is 0. The van der Waals surface area contributed by atoms with Crippen LogP contribution in [0, 0.1) is 5.41 Å². The van der Waals surface area contributed by atoms with E-state index in [4.69, 9.17) is 4.74 Å². The van der Waals surface area contributed by atoms with Crippen molar-refractivity contribution in [2.75, 3.05) is 39.5 Å². The summed E-state index contributed by atoms with van der Waals surface area (Å²) in [5.41, 5.74) is 0.101. The first-order valence-corrected chi connectivity index (χ1v) is 6.17. The summed E-state index contributed by atoms with van der Waals surface area (Å²) < 4.78 is 5.37. The predicted molar refractivity (Wildman–Crippen MR) is 62.0 cm³/mol. The maximum Gasteiger partial charge on any atom is 0.0501 e. The van der Waals surface area contributed by atoms with Crippen LogP contribution in [0.5, 0.6) is 0 Å². The minimum atomic E-state index is 0.101. The summed E-state index contributed by atoms with van der Waals surface area (Å²) in [7, 11) is 0. The Morgan fingerprint density at radius 2 is 1.93 bits per heavy atom. The van der Waals surface area contributed by atoms with E-state index >= 15 is 0 Å². The van der Waals surface area contributed by atoms with E-state index in [9.17, 15) is 5.11 Å². The van der Waals surface area contributed by atoms with Crippen molar-refractivity contribution in [2.24, 2.45) is 5.41 Å². The molecule has 0 atom stereocenters. The Labute approximate surface area is 93.4 Å². The number of ether oxygens (including phenoxy) is 1. The lowest BCUT2D eigenvalue weighted by atomic mass is 9.80. The molecule has 0 amide bonds. The van der Waals surface area contributed by atoms with Gasteiger partial charge in [0.1, 0.15) is 0 Å². The molecule has 90 valence electrons. The molecule has 0 radical (unpaired) electrons. The quantitative estimate of drug-likeness (QED) is 0.729. The third kappa shape index (κ3) is 3.74. The highest BCUT2D eigenvalue weighted by Crippen LogP contribution is 2.30. The molecule has 15 heavy (non-hydrogen) atoms. The monoisotopic (exact) mass is 215 g/mol. The Bertz CT molecular complexity index is 167. The van der Waals surface area contributed by atoms with Gasteiger partial charge in [-0.3, -0.25) is 0 Å². The van der Waals surface area contributed by atoms with Gasteiger partial charge in [-0.05, 0) is 32.4 Å². The molecule has 0 unspecified atom stereocenters. The molecule has 3 heteroatoms. The van der Waals surface area contributed by atoms with Gasteiger partial charge in [-0.1, -0.05) is 13.8 Å². The largest absolute Gasteiger partial charge is 0.396 e. The highest BCUT2D eigenvalue weighted by Gasteiger charge is 2.33. The van der Waals surface area contributed by atoms with Crippen LogP contribution < -0.4 is 0 Å². The Hall–Kier alpha value is -0.120. The van der Waals surface area contributed by atoms with Crippen LogP contribution in [0.3, 0.4) is 0 Å². The van der Waals surface area contributed by atoms with Crippen molar-refractivity contribution >= 4 is 0 Å². The second kappa shape index (κ2) is 6.46. The third-order valence-electron chi connectivity index (χ3n) is 3.43. The number of aliphatic hydroxyl groups is 1. The van der Waals surface area contributed by atoms with E-state index in [1.165, 1.54) is 6.42 Å². The fourth-order valence-electron chi connectivity index (χ4n) is 2.31. The predicted octanol–water partition coefficient (Wildman–Crippen LogP) is 1.51. The Balaban J connectivity index is 2.49. The van der Waals surface area contributed by atoms with Gasteiger partial charge < -0.3 is 14.7 Å². The molecule has 0 aliphatic carbocycles. The first kappa shape index (κ1) is 12.9. The fourth-order valence-corrected chi connectivity index (χ4v) is 2.31.